The van der Waals surface area contributed by atoms with Crippen LogP contribution in [0.1, 0.15) is 47.0 Å². The van der Waals surface area contributed by atoms with Gasteiger partial charge in [0.2, 0.25) is 5.13 Å². The molecule has 2 saturated carbocycles. The van der Waals surface area contributed by atoms with Crippen molar-refractivity contribution in [3.05, 3.63) is 29.6 Å². The largest absolute Gasteiger partial charge is 0.494 e. The molecule has 2 bridgehead atoms. The number of anilines is 1. The van der Waals surface area contributed by atoms with Gasteiger partial charge in [-0.1, -0.05) is 20.8 Å². The monoisotopic (exact) mass is 369 g/mol. The minimum absolute atomic E-state index is 0.222. The van der Waals surface area contributed by atoms with Crippen LogP contribution in [0.2, 0.25) is 0 Å². The number of aromatic nitrogens is 1. The lowest BCUT2D eigenvalue weighted by atomic mass is 9.70. The van der Waals surface area contributed by atoms with Crippen LogP contribution in [0.5, 0.6) is 5.75 Å². The van der Waals surface area contributed by atoms with Crippen LogP contribution in [0.3, 0.4) is 0 Å². The average molecular weight is 370 g/mol. The molecule has 2 aliphatic carbocycles. The molecule has 4 nitrogen and oxygen atoms in total. The number of hydrogen-bond donors (Lipinski definition) is 1. The summed E-state index contributed by atoms with van der Waals surface area (Å²) in [5.41, 5.74) is 7.18. The van der Waals surface area contributed by atoms with Crippen molar-refractivity contribution in [3.8, 4) is 17.0 Å². The van der Waals surface area contributed by atoms with Gasteiger partial charge in [-0.2, -0.15) is 5.10 Å². The Morgan fingerprint density at radius 1 is 1.27 bits per heavy atom. The third-order valence-corrected chi connectivity index (χ3v) is 7.51. The molecule has 4 rings (SSSR count). The van der Waals surface area contributed by atoms with Crippen LogP contribution >= 0.6 is 11.3 Å². The first kappa shape index (κ1) is 17.5. The van der Waals surface area contributed by atoms with Gasteiger partial charge in [-0.3, -0.25) is 5.43 Å². The summed E-state index contributed by atoms with van der Waals surface area (Å²) in [5.74, 6) is 1.66. The van der Waals surface area contributed by atoms with Crippen LogP contribution in [0, 0.1) is 16.7 Å². The number of nitrogens with zero attached hydrogens (tertiary/aromatic N) is 2. The summed E-state index contributed by atoms with van der Waals surface area (Å²) < 4.78 is 5.50. The van der Waals surface area contributed by atoms with Crippen molar-refractivity contribution >= 4 is 22.2 Å². The van der Waals surface area contributed by atoms with Gasteiger partial charge < -0.3 is 4.74 Å². The van der Waals surface area contributed by atoms with Crippen LogP contribution < -0.4 is 10.2 Å². The van der Waals surface area contributed by atoms with E-state index < -0.39 is 0 Å². The molecule has 0 amide bonds. The normalized spacial score (nSPS) is 27.8. The van der Waals surface area contributed by atoms with Gasteiger partial charge in [-0.25, -0.2) is 4.98 Å². The first-order valence-electron chi connectivity index (χ1n) is 9.46. The Labute approximate surface area is 159 Å². The predicted octanol–water partition coefficient (Wildman–Crippen LogP) is 5.82. The summed E-state index contributed by atoms with van der Waals surface area (Å²) in [6.45, 7) is 9.86. The van der Waals surface area contributed by atoms with Crippen molar-refractivity contribution in [2.45, 2.75) is 47.0 Å². The molecule has 0 unspecified atom stereocenters. The number of ether oxygens (including phenoxy) is 1. The molecule has 1 N–H and O–H groups in total. The van der Waals surface area contributed by atoms with E-state index in [1.165, 1.54) is 18.6 Å². The van der Waals surface area contributed by atoms with Crippen LogP contribution in [0.15, 0.2) is 34.7 Å². The van der Waals surface area contributed by atoms with Crippen molar-refractivity contribution < 1.29 is 4.74 Å². The summed E-state index contributed by atoms with van der Waals surface area (Å²) in [7, 11) is 0. The van der Waals surface area contributed by atoms with Crippen LogP contribution in [-0.4, -0.2) is 17.3 Å². The second kappa shape index (κ2) is 6.38. The van der Waals surface area contributed by atoms with Crippen LogP contribution in [0.4, 0.5) is 5.13 Å². The molecule has 2 fully saturated rings. The van der Waals surface area contributed by atoms with Crippen molar-refractivity contribution in [1.82, 2.24) is 4.98 Å². The maximum absolute atomic E-state index is 5.50. The number of hydrazone groups is 1. The van der Waals surface area contributed by atoms with Crippen molar-refractivity contribution in [2.75, 3.05) is 12.0 Å². The number of rotatable bonds is 5. The van der Waals surface area contributed by atoms with E-state index in [0.29, 0.717) is 12.0 Å². The highest BCUT2D eigenvalue weighted by Gasteiger charge is 2.59. The lowest BCUT2D eigenvalue weighted by Gasteiger charge is -2.34. The van der Waals surface area contributed by atoms with Crippen molar-refractivity contribution in [1.29, 1.82) is 0 Å². The van der Waals surface area contributed by atoms with Gasteiger partial charge in [-0.05, 0) is 61.8 Å². The maximum Gasteiger partial charge on any atom is 0.203 e. The van der Waals surface area contributed by atoms with Gasteiger partial charge in [0.15, 0.2) is 0 Å². The molecule has 1 aromatic heterocycles. The molecule has 0 radical (unpaired) electrons. The molecule has 26 heavy (non-hydrogen) atoms. The van der Waals surface area contributed by atoms with E-state index in [2.05, 4.69) is 43.7 Å². The zero-order valence-corrected chi connectivity index (χ0v) is 16.8. The van der Waals surface area contributed by atoms with Crippen molar-refractivity contribution in [2.24, 2.45) is 21.8 Å². The van der Waals surface area contributed by atoms with E-state index in [1.54, 1.807) is 11.3 Å². The zero-order chi connectivity index (χ0) is 18.4. The average Bonchev–Trinajstić information content (AvgIpc) is 3.23. The minimum atomic E-state index is 0.222. The molecule has 2 aliphatic rings. The van der Waals surface area contributed by atoms with Gasteiger partial charge in [0, 0.05) is 22.1 Å². The van der Waals surface area contributed by atoms with E-state index in [4.69, 9.17) is 14.8 Å². The number of fused-ring (bicyclic) bond motifs is 2. The summed E-state index contributed by atoms with van der Waals surface area (Å²) in [6, 6.07) is 8.08. The maximum atomic E-state index is 5.50. The topological polar surface area (TPSA) is 46.5 Å². The third kappa shape index (κ3) is 2.73. The molecular weight excluding hydrogens is 342 g/mol. The number of nitrogens with one attached hydrogen (secondary N) is 1. The fourth-order valence-electron chi connectivity index (χ4n) is 4.56. The SMILES string of the molecule is CCOc1ccc(-c2csc(N/N=C3/C[C@@H]4CC[C@]3(C)C4(C)C)n2)cc1. The lowest BCUT2D eigenvalue weighted by molar-refractivity contribution is 0.194. The summed E-state index contributed by atoms with van der Waals surface area (Å²) in [5, 5.41) is 7.71. The highest BCUT2D eigenvalue weighted by Crippen LogP contribution is 2.63. The summed E-state index contributed by atoms with van der Waals surface area (Å²) >= 11 is 1.60. The second-order valence-electron chi connectivity index (χ2n) is 8.16. The Morgan fingerprint density at radius 3 is 2.65 bits per heavy atom. The van der Waals surface area contributed by atoms with Gasteiger partial charge in [0.05, 0.1) is 12.3 Å². The number of benzene rings is 1. The van der Waals surface area contributed by atoms with Gasteiger partial charge in [-0.15, -0.1) is 11.3 Å². The molecule has 1 heterocycles. The molecule has 1 aromatic carbocycles. The first-order valence-corrected chi connectivity index (χ1v) is 10.3. The second-order valence-corrected chi connectivity index (χ2v) is 9.02. The molecule has 0 spiro atoms. The van der Waals surface area contributed by atoms with Gasteiger partial charge in [0.25, 0.3) is 0 Å². The van der Waals surface area contributed by atoms with E-state index in [1.807, 2.05) is 19.1 Å². The Morgan fingerprint density at radius 2 is 2.04 bits per heavy atom. The molecule has 5 heteroatoms. The Kier molecular flexibility index (Phi) is 4.30. The molecule has 0 aliphatic heterocycles. The van der Waals surface area contributed by atoms with E-state index >= 15 is 0 Å². The molecular formula is C21H27N3OS. The zero-order valence-electron chi connectivity index (χ0n) is 16.0. The quantitative estimate of drug-likeness (QED) is 0.675. The highest BCUT2D eigenvalue weighted by molar-refractivity contribution is 7.14. The predicted molar refractivity (Wildman–Crippen MR) is 109 cm³/mol. The minimum Gasteiger partial charge on any atom is -0.494 e. The Bertz CT molecular complexity index is 824. The number of thiazole rings is 1. The summed E-state index contributed by atoms with van der Waals surface area (Å²) in [4.78, 5) is 4.70. The van der Waals surface area contributed by atoms with E-state index in [-0.39, 0.29) is 5.41 Å². The molecule has 138 valence electrons. The van der Waals surface area contributed by atoms with E-state index in [9.17, 15) is 0 Å². The Balaban J connectivity index is 1.48. The number of hydrogen-bond acceptors (Lipinski definition) is 5. The summed E-state index contributed by atoms with van der Waals surface area (Å²) in [6.07, 6.45) is 3.70. The standard InChI is InChI=1S/C21H27N3OS/c1-5-25-16-8-6-14(7-9-16)17-13-26-19(22-17)24-23-18-12-15-10-11-21(18,4)20(15,2)3/h6-9,13,15H,5,10-12H2,1-4H3,(H,22,24)/b23-18-/t15-,21-/m0/s1. The smallest absolute Gasteiger partial charge is 0.203 e. The van der Waals surface area contributed by atoms with Crippen LogP contribution in [-0.2, 0) is 0 Å². The Hall–Kier alpha value is -1.88. The highest BCUT2D eigenvalue weighted by atomic mass is 32.1. The molecule has 2 aromatic rings. The third-order valence-electron chi connectivity index (χ3n) is 6.76. The van der Waals surface area contributed by atoms with Gasteiger partial charge in [0.1, 0.15) is 5.75 Å². The lowest BCUT2D eigenvalue weighted by Crippen LogP contribution is -2.32. The van der Waals surface area contributed by atoms with E-state index in [0.717, 1.165) is 34.5 Å². The molecule has 0 saturated heterocycles. The fraction of sp³-hybridized carbons (Fsp3) is 0.524. The van der Waals surface area contributed by atoms with Crippen molar-refractivity contribution in [3.63, 3.8) is 0 Å². The van der Waals surface area contributed by atoms with Crippen LogP contribution in [0.25, 0.3) is 11.3 Å². The van der Waals surface area contributed by atoms with Gasteiger partial charge >= 0.3 is 0 Å². The molecule has 2 atom stereocenters. The first-order chi connectivity index (χ1) is 12.4. The fourth-order valence-corrected chi connectivity index (χ4v) is 5.22.